The largest absolute Gasteiger partial charge is 0.487 e. The Balaban J connectivity index is 1.28. The first kappa shape index (κ1) is 24.5. The lowest BCUT2D eigenvalue weighted by Crippen LogP contribution is -2.40. The van der Waals surface area contributed by atoms with Crippen molar-refractivity contribution in [2.75, 3.05) is 24.5 Å². The number of piperidine rings is 1. The lowest BCUT2D eigenvalue weighted by atomic mass is 10.1. The zero-order valence-corrected chi connectivity index (χ0v) is 21.2. The number of carbonyl (C=O) groups excluding carboxylic acids is 1. The molecule has 1 saturated carbocycles. The summed E-state index contributed by atoms with van der Waals surface area (Å²) in [6.07, 6.45) is 7.74. The number of halogens is 2. The maximum Gasteiger partial charge on any atom is 0.250 e. The predicted octanol–water partition coefficient (Wildman–Crippen LogP) is 3.78. The van der Waals surface area contributed by atoms with E-state index in [2.05, 4.69) is 4.90 Å². The molecule has 0 spiro atoms. The molecule has 2 aromatic heterocycles. The summed E-state index contributed by atoms with van der Waals surface area (Å²) in [5.74, 6) is -0.443. The molecule has 0 radical (unpaired) electrons. The summed E-state index contributed by atoms with van der Waals surface area (Å²) in [6.45, 7) is 1.95. The number of nitrogens with zero attached hydrogens (tertiary/aromatic N) is 5. The van der Waals surface area contributed by atoms with E-state index in [9.17, 15) is 18.4 Å². The molecule has 8 nitrogen and oxygen atoms in total. The van der Waals surface area contributed by atoms with Crippen molar-refractivity contribution in [2.45, 2.75) is 50.2 Å². The Hall–Kier alpha value is -3.82. The average Bonchev–Trinajstić information content (AvgIpc) is 3.60. The molecule has 6 rings (SSSR count). The van der Waals surface area contributed by atoms with Crippen LogP contribution in [0.4, 0.5) is 14.6 Å². The molecule has 0 bridgehead atoms. The van der Waals surface area contributed by atoms with Crippen molar-refractivity contribution in [1.82, 2.24) is 19.4 Å². The molecule has 198 valence electrons. The van der Waals surface area contributed by atoms with Gasteiger partial charge in [0.15, 0.2) is 17.4 Å². The van der Waals surface area contributed by atoms with Crippen molar-refractivity contribution in [1.29, 1.82) is 0 Å². The Kier molecular flexibility index (Phi) is 6.12. The van der Waals surface area contributed by atoms with Gasteiger partial charge in [-0.1, -0.05) is 0 Å². The monoisotopic (exact) mass is 521 g/mol. The van der Waals surface area contributed by atoms with Crippen LogP contribution in [0.2, 0.25) is 0 Å². The fourth-order valence-corrected chi connectivity index (χ4v) is 5.59. The molecule has 2 saturated heterocycles. The van der Waals surface area contributed by atoms with E-state index in [1.807, 2.05) is 4.90 Å². The number of ether oxygens (including phenoxy) is 1. The second kappa shape index (κ2) is 9.49. The third kappa shape index (κ3) is 4.41. The van der Waals surface area contributed by atoms with Crippen molar-refractivity contribution in [3.8, 4) is 17.0 Å². The van der Waals surface area contributed by atoms with Gasteiger partial charge in [-0.25, -0.2) is 18.7 Å². The van der Waals surface area contributed by atoms with Gasteiger partial charge in [-0.3, -0.25) is 9.59 Å². The van der Waals surface area contributed by atoms with Crippen LogP contribution in [0.25, 0.3) is 11.3 Å². The van der Waals surface area contributed by atoms with Gasteiger partial charge in [0, 0.05) is 69.8 Å². The number of anilines is 1. The first-order valence-corrected chi connectivity index (χ1v) is 13.1. The van der Waals surface area contributed by atoms with Gasteiger partial charge in [0.2, 0.25) is 11.5 Å². The Morgan fingerprint density at radius 2 is 1.84 bits per heavy atom. The highest BCUT2D eigenvalue weighted by atomic mass is 19.1. The van der Waals surface area contributed by atoms with Gasteiger partial charge in [0.1, 0.15) is 17.6 Å². The van der Waals surface area contributed by atoms with E-state index in [0.717, 1.165) is 43.1 Å². The first-order chi connectivity index (χ1) is 18.3. The number of pyridine rings is 1. The van der Waals surface area contributed by atoms with Gasteiger partial charge >= 0.3 is 0 Å². The van der Waals surface area contributed by atoms with Crippen LogP contribution in [0, 0.1) is 11.6 Å². The maximum atomic E-state index is 14.1. The summed E-state index contributed by atoms with van der Waals surface area (Å²) in [6, 6.07) is 6.60. The first-order valence-electron chi connectivity index (χ1n) is 13.1. The second-order valence-corrected chi connectivity index (χ2v) is 10.4. The molecule has 0 unspecified atom stereocenters. The molecule has 1 aliphatic carbocycles. The molecule has 10 heteroatoms. The van der Waals surface area contributed by atoms with Crippen LogP contribution in [-0.2, 0) is 17.4 Å². The number of hydrogen-bond acceptors (Lipinski definition) is 6. The average molecular weight is 522 g/mol. The van der Waals surface area contributed by atoms with Gasteiger partial charge < -0.3 is 19.1 Å². The minimum Gasteiger partial charge on any atom is -0.487 e. The fraction of sp³-hybridized carbons (Fsp3) is 0.429. The Bertz CT molecular complexity index is 1450. The zero-order chi connectivity index (χ0) is 26.4. The zero-order valence-electron chi connectivity index (χ0n) is 21.2. The van der Waals surface area contributed by atoms with Gasteiger partial charge in [0.25, 0.3) is 0 Å². The van der Waals surface area contributed by atoms with E-state index < -0.39 is 17.2 Å². The van der Waals surface area contributed by atoms with Crippen molar-refractivity contribution in [3.05, 3.63) is 70.4 Å². The molecular formula is C28H29F2N5O3. The van der Waals surface area contributed by atoms with Crippen LogP contribution in [-0.4, -0.2) is 51.1 Å². The fourth-order valence-electron chi connectivity index (χ4n) is 5.59. The normalized spacial score (nSPS) is 19.2. The number of hydrogen-bond donors (Lipinski definition) is 0. The Morgan fingerprint density at radius 1 is 1.05 bits per heavy atom. The van der Waals surface area contributed by atoms with Crippen molar-refractivity contribution in [2.24, 2.45) is 7.05 Å². The molecule has 38 heavy (non-hydrogen) atoms. The lowest BCUT2D eigenvalue weighted by Gasteiger charge is -2.34. The molecule has 3 aliphatic rings. The van der Waals surface area contributed by atoms with Crippen molar-refractivity contribution < 1.29 is 18.3 Å². The van der Waals surface area contributed by atoms with Crippen LogP contribution in [0.5, 0.6) is 5.75 Å². The molecule has 0 N–H and O–H groups in total. The summed E-state index contributed by atoms with van der Waals surface area (Å²) >= 11 is 0. The molecule has 1 amide bonds. The number of benzene rings is 1. The standard InChI is InChI=1S/C28H29F2N5O3/c1-33-17-18(4-7-24(33)36)26-27(31-16-23(32-26)28(10-11-28)35-12-2-3-25(35)37)34-13-8-20(9-14-34)38-22-6-5-19(29)15-21(22)30/h4-7,15-17,20H,2-3,8-14H2,1H3. The smallest absolute Gasteiger partial charge is 0.250 e. The summed E-state index contributed by atoms with van der Waals surface area (Å²) in [7, 11) is 1.70. The minimum atomic E-state index is -0.712. The van der Waals surface area contributed by atoms with E-state index in [1.54, 1.807) is 25.5 Å². The third-order valence-electron chi connectivity index (χ3n) is 7.83. The second-order valence-electron chi connectivity index (χ2n) is 10.4. The van der Waals surface area contributed by atoms with E-state index in [1.165, 1.54) is 22.8 Å². The molecule has 4 heterocycles. The number of carbonyl (C=O) groups is 1. The molecular weight excluding hydrogens is 492 g/mol. The van der Waals surface area contributed by atoms with E-state index in [4.69, 9.17) is 14.7 Å². The highest BCUT2D eigenvalue weighted by molar-refractivity contribution is 5.80. The van der Waals surface area contributed by atoms with Crippen molar-refractivity contribution in [3.63, 3.8) is 0 Å². The van der Waals surface area contributed by atoms with E-state index >= 15 is 0 Å². The van der Waals surface area contributed by atoms with E-state index in [-0.39, 0.29) is 23.3 Å². The van der Waals surface area contributed by atoms with Gasteiger partial charge in [-0.2, -0.15) is 0 Å². The van der Waals surface area contributed by atoms with Crippen LogP contribution in [0.3, 0.4) is 0 Å². The van der Waals surface area contributed by atoms with Crippen LogP contribution >= 0.6 is 0 Å². The van der Waals surface area contributed by atoms with Gasteiger partial charge in [-0.15, -0.1) is 0 Å². The molecule has 0 atom stereocenters. The summed E-state index contributed by atoms with van der Waals surface area (Å²) in [5, 5.41) is 0. The topological polar surface area (TPSA) is 80.6 Å². The molecule has 2 aliphatic heterocycles. The third-order valence-corrected chi connectivity index (χ3v) is 7.83. The molecule has 3 aromatic rings. The predicted molar refractivity (Wildman–Crippen MR) is 137 cm³/mol. The maximum absolute atomic E-state index is 14.1. The van der Waals surface area contributed by atoms with Crippen molar-refractivity contribution >= 4 is 11.7 Å². The van der Waals surface area contributed by atoms with Gasteiger partial charge in [-0.05, 0) is 37.5 Å². The van der Waals surface area contributed by atoms with Crippen LogP contribution < -0.4 is 15.2 Å². The molecule has 1 aromatic carbocycles. The van der Waals surface area contributed by atoms with Gasteiger partial charge in [0.05, 0.1) is 17.4 Å². The molecule has 3 fully saturated rings. The van der Waals surface area contributed by atoms with Crippen LogP contribution in [0.15, 0.2) is 47.5 Å². The number of rotatable bonds is 6. The SMILES string of the molecule is Cn1cc(-c2nc(C3(N4CCCC4=O)CC3)cnc2N2CCC(Oc3ccc(F)cc3F)CC2)ccc1=O. The van der Waals surface area contributed by atoms with Crippen LogP contribution in [0.1, 0.15) is 44.2 Å². The quantitative estimate of drug-likeness (QED) is 0.491. The number of likely N-dealkylation sites (tertiary alicyclic amines) is 1. The number of amides is 1. The Labute approximate surface area is 218 Å². The van der Waals surface area contributed by atoms with E-state index in [0.29, 0.717) is 43.9 Å². The highest BCUT2D eigenvalue weighted by Gasteiger charge is 2.54. The summed E-state index contributed by atoms with van der Waals surface area (Å²) < 4.78 is 34.7. The summed E-state index contributed by atoms with van der Waals surface area (Å²) in [5.41, 5.74) is 1.71. The number of aromatic nitrogens is 3. The highest BCUT2D eigenvalue weighted by Crippen LogP contribution is 2.52. The Morgan fingerprint density at radius 3 is 2.50 bits per heavy atom. The summed E-state index contributed by atoms with van der Waals surface area (Å²) in [4.78, 5) is 38.7. The minimum absolute atomic E-state index is 0.0473. The lowest BCUT2D eigenvalue weighted by molar-refractivity contribution is -0.130. The number of aryl methyl sites for hydroxylation is 1.